The molecule has 4 nitrogen and oxygen atoms in total. The van der Waals surface area contributed by atoms with Crippen molar-refractivity contribution in [3.63, 3.8) is 0 Å². The summed E-state index contributed by atoms with van der Waals surface area (Å²) >= 11 is 0. The van der Waals surface area contributed by atoms with Gasteiger partial charge in [0.05, 0.1) is 6.54 Å². The smallest absolute Gasteiger partial charge is 0.191 e. The molecule has 0 saturated carbocycles. The molecule has 0 unspecified atom stereocenters. The summed E-state index contributed by atoms with van der Waals surface area (Å²) < 4.78 is 0. The molecule has 1 rings (SSSR count). The van der Waals surface area contributed by atoms with E-state index >= 15 is 0 Å². The Bertz CT molecular complexity index is 248. The lowest BCUT2D eigenvalue weighted by Crippen LogP contribution is -2.38. The van der Waals surface area contributed by atoms with Gasteiger partial charge in [0, 0.05) is 19.6 Å². The van der Waals surface area contributed by atoms with Crippen LogP contribution in [0.4, 0.5) is 0 Å². The van der Waals surface area contributed by atoms with Crippen LogP contribution in [0.5, 0.6) is 0 Å². The first-order valence-electron chi connectivity index (χ1n) is 7.22. The van der Waals surface area contributed by atoms with Crippen molar-refractivity contribution in [2.24, 2.45) is 4.99 Å². The Morgan fingerprint density at radius 3 is 2.47 bits per heavy atom. The van der Waals surface area contributed by atoms with Crippen molar-refractivity contribution < 1.29 is 0 Å². The molecule has 19 heavy (non-hydrogen) atoms. The maximum Gasteiger partial charge on any atom is 0.191 e. The minimum absolute atomic E-state index is 0. The van der Waals surface area contributed by atoms with Gasteiger partial charge in [-0.15, -0.1) is 30.6 Å². The van der Waals surface area contributed by atoms with E-state index < -0.39 is 0 Å². The van der Waals surface area contributed by atoms with Crippen LogP contribution in [0.15, 0.2) is 17.6 Å². The van der Waals surface area contributed by atoms with Crippen molar-refractivity contribution in [1.82, 2.24) is 15.5 Å². The van der Waals surface area contributed by atoms with Crippen LogP contribution in [0.1, 0.15) is 32.6 Å². The molecule has 5 heteroatoms. The zero-order valence-electron chi connectivity index (χ0n) is 12.2. The Morgan fingerprint density at radius 2 is 1.89 bits per heavy atom. The highest BCUT2D eigenvalue weighted by Crippen LogP contribution is 2.08. The maximum absolute atomic E-state index is 4.58. The number of guanidine groups is 1. The third-order valence-electron chi connectivity index (χ3n) is 3.14. The van der Waals surface area contributed by atoms with Crippen molar-refractivity contribution in [1.29, 1.82) is 0 Å². The van der Waals surface area contributed by atoms with Crippen LogP contribution in [-0.2, 0) is 0 Å². The molecule has 1 aliphatic heterocycles. The maximum atomic E-state index is 4.58. The van der Waals surface area contributed by atoms with Gasteiger partial charge >= 0.3 is 0 Å². The lowest BCUT2D eigenvalue weighted by atomic mass is 10.2. The Kier molecular flexibility index (Phi) is 12.5. The fourth-order valence-electron chi connectivity index (χ4n) is 2.17. The van der Waals surface area contributed by atoms with Gasteiger partial charge < -0.3 is 15.5 Å². The van der Waals surface area contributed by atoms with E-state index in [1.54, 1.807) is 0 Å². The molecule has 112 valence electrons. The lowest BCUT2D eigenvalue weighted by molar-refractivity contribution is 0.293. The Labute approximate surface area is 135 Å². The van der Waals surface area contributed by atoms with E-state index in [9.17, 15) is 0 Å². The molecule has 0 aromatic carbocycles. The molecule has 0 bridgehead atoms. The van der Waals surface area contributed by atoms with Crippen molar-refractivity contribution in [2.45, 2.75) is 32.6 Å². The van der Waals surface area contributed by atoms with Crippen LogP contribution in [0.2, 0.25) is 0 Å². The molecule has 1 fully saturated rings. The normalized spacial score (nSPS) is 17.2. The van der Waals surface area contributed by atoms with Crippen molar-refractivity contribution in [3.05, 3.63) is 12.7 Å². The second kappa shape index (κ2) is 12.7. The summed E-state index contributed by atoms with van der Waals surface area (Å²) in [5.41, 5.74) is 0. The van der Waals surface area contributed by atoms with Gasteiger partial charge in [0.2, 0.25) is 0 Å². The minimum atomic E-state index is 0. The first-order valence-corrected chi connectivity index (χ1v) is 7.22. The molecular formula is C14H29IN4. The molecule has 0 amide bonds. The topological polar surface area (TPSA) is 39.7 Å². The number of hydrogen-bond donors (Lipinski definition) is 2. The molecule has 0 atom stereocenters. The largest absolute Gasteiger partial charge is 0.357 e. The lowest BCUT2D eigenvalue weighted by Gasteiger charge is -2.18. The van der Waals surface area contributed by atoms with Gasteiger partial charge in [-0.3, -0.25) is 4.99 Å². The summed E-state index contributed by atoms with van der Waals surface area (Å²) in [5, 5.41) is 6.46. The predicted octanol–water partition coefficient (Wildman–Crippen LogP) is 2.22. The Balaban J connectivity index is 0.00000324. The molecule has 0 aromatic rings. The summed E-state index contributed by atoms with van der Waals surface area (Å²) in [5.74, 6) is 0.896. The highest BCUT2D eigenvalue weighted by molar-refractivity contribution is 14.0. The summed E-state index contributed by atoms with van der Waals surface area (Å²) in [7, 11) is 0. The fourth-order valence-corrected chi connectivity index (χ4v) is 2.17. The molecule has 0 aromatic heterocycles. The van der Waals surface area contributed by atoms with Gasteiger partial charge in [-0.2, -0.15) is 0 Å². The van der Waals surface area contributed by atoms with Crippen LogP contribution in [0.25, 0.3) is 0 Å². The monoisotopic (exact) mass is 380 g/mol. The fraction of sp³-hybridized carbons (Fsp3) is 0.786. The standard InChI is InChI=1S/C14H28N4.HI/c1-3-9-16-14(15-4-2)17-10-13-18-11-7-5-6-8-12-18;/h3H,1,4-13H2,2H3,(H2,15,16,17);1H. The van der Waals surface area contributed by atoms with Crippen LogP contribution < -0.4 is 10.6 Å². The number of nitrogens with one attached hydrogen (secondary N) is 2. The second-order valence-corrected chi connectivity index (χ2v) is 4.69. The summed E-state index contributed by atoms with van der Waals surface area (Å²) in [6, 6.07) is 0. The Hall–Kier alpha value is -0.300. The van der Waals surface area contributed by atoms with Crippen LogP contribution >= 0.6 is 24.0 Å². The van der Waals surface area contributed by atoms with Gasteiger partial charge in [-0.1, -0.05) is 18.9 Å². The van der Waals surface area contributed by atoms with E-state index in [1.165, 1.54) is 38.8 Å². The number of aliphatic imine (C=N–C) groups is 1. The zero-order chi connectivity index (χ0) is 13.1. The third kappa shape index (κ3) is 9.27. The average molecular weight is 380 g/mol. The molecule has 0 spiro atoms. The number of halogens is 1. The van der Waals surface area contributed by atoms with E-state index in [1.807, 2.05) is 6.08 Å². The number of hydrogen-bond acceptors (Lipinski definition) is 2. The van der Waals surface area contributed by atoms with Gasteiger partial charge in [-0.05, 0) is 32.9 Å². The third-order valence-corrected chi connectivity index (χ3v) is 3.14. The highest BCUT2D eigenvalue weighted by atomic mass is 127. The number of rotatable bonds is 6. The quantitative estimate of drug-likeness (QED) is 0.321. The summed E-state index contributed by atoms with van der Waals surface area (Å²) in [6.45, 7) is 11.9. The molecule has 0 radical (unpaired) electrons. The first-order chi connectivity index (χ1) is 8.86. The van der Waals surface area contributed by atoms with Gasteiger partial charge in [0.25, 0.3) is 0 Å². The van der Waals surface area contributed by atoms with E-state index in [2.05, 4.69) is 34.0 Å². The SMILES string of the molecule is C=CCNC(=NCCN1CCCCCC1)NCC.I. The van der Waals surface area contributed by atoms with Crippen molar-refractivity contribution >= 4 is 29.9 Å². The van der Waals surface area contributed by atoms with Crippen LogP contribution in [-0.4, -0.2) is 50.1 Å². The highest BCUT2D eigenvalue weighted by Gasteiger charge is 2.07. The van der Waals surface area contributed by atoms with Crippen LogP contribution in [0, 0.1) is 0 Å². The molecular weight excluding hydrogens is 351 g/mol. The molecule has 1 aliphatic rings. The van der Waals surface area contributed by atoms with Gasteiger partial charge in [0.1, 0.15) is 0 Å². The Morgan fingerprint density at radius 1 is 1.21 bits per heavy atom. The van der Waals surface area contributed by atoms with Gasteiger partial charge in [-0.25, -0.2) is 0 Å². The summed E-state index contributed by atoms with van der Waals surface area (Å²) in [4.78, 5) is 7.12. The van der Waals surface area contributed by atoms with Crippen molar-refractivity contribution in [3.8, 4) is 0 Å². The molecule has 1 saturated heterocycles. The first kappa shape index (κ1) is 18.7. The van der Waals surface area contributed by atoms with Gasteiger partial charge in [0.15, 0.2) is 5.96 Å². The second-order valence-electron chi connectivity index (χ2n) is 4.69. The zero-order valence-corrected chi connectivity index (χ0v) is 14.5. The molecule has 0 aliphatic carbocycles. The summed E-state index contributed by atoms with van der Waals surface area (Å²) in [6.07, 6.45) is 7.32. The minimum Gasteiger partial charge on any atom is -0.357 e. The van der Waals surface area contributed by atoms with E-state index in [0.717, 1.165) is 32.1 Å². The average Bonchev–Trinajstić information content (AvgIpc) is 2.64. The van der Waals surface area contributed by atoms with E-state index in [0.29, 0.717) is 0 Å². The van der Waals surface area contributed by atoms with E-state index in [-0.39, 0.29) is 24.0 Å². The predicted molar refractivity (Wildman–Crippen MR) is 94.5 cm³/mol. The van der Waals surface area contributed by atoms with E-state index in [4.69, 9.17) is 0 Å². The molecule has 1 heterocycles. The number of nitrogens with zero attached hydrogens (tertiary/aromatic N) is 2. The number of likely N-dealkylation sites (tertiary alicyclic amines) is 1. The molecule has 2 N–H and O–H groups in total. The van der Waals surface area contributed by atoms with Crippen molar-refractivity contribution in [2.75, 3.05) is 39.3 Å². The van der Waals surface area contributed by atoms with Crippen LogP contribution in [0.3, 0.4) is 0 Å².